The lowest BCUT2D eigenvalue weighted by Gasteiger charge is -2.18. The molecule has 0 aliphatic carbocycles. The first-order valence-electron chi connectivity index (χ1n) is 8.79. The van der Waals surface area contributed by atoms with Gasteiger partial charge >= 0.3 is 0 Å². The van der Waals surface area contributed by atoms with Crippen molar-refractivity contribution in [2.75, 3.05) is 0 Å². The van der Waals surface area contributed by atoms with E-state index in [9.17, 15) is 0 Å². The summed E-state index contributed by atoms with van der Waals surface area (Å²) in [5, 5.41) is 3.55. The van der Waals surface area contributed by atoms with Crippen molar-refractivity contribution in [3.8, 4) is 0 Å². The number of nitrogens with one attached hydrogen (secondary N) is 2. The summed E-state index contributed by atoms with van der Waals surface area (Å²) in [5.41, 5.74) is 5.79. The largest absolute Gasteiger partial charge is 0.361 e. The molecular weight excluding hydrogens is 375 g/mol. The molecule has 0 fully saturated rings. The Morgan fingerprint density at radius 1 is 0.630 bits per heavy atom. The molecule has 4 heteroatoms. The van der Waals surface area contributed by atoms with Gasteiger partial charge in [0, 0.05) is 40.1 Å². The summed E-state index contributed by atoms with van der Waals surface area (Å²) in [6.45, 7) is 0. The maximum absolute atomic E-state index is 6.37. The summed E-state index contributed by atoms with van der Waals surface area (Å²) in [4.78, 5) is 6.81. The molecule has 0 saturated carbocycles. The van der Waals surface area contributed by atoms with Crippen LogP contribution in [0.15, 0.2) is 79.1 Å². The lowest BCUT2D eigenvalue weighted by Crippen LogP contribution is -2.02. The topological polar surface area (TPSA) is 31.6 Å². The van der Waals surface area contributed by atoms with E-state index >= 15 is 0 Å². The average molecular weight is 391 g/mol. The third-order valence-corrected chi connectivity index (χ3v) is 5.88. The first-order chi connectivity index (χ1) is 13.2. The monoisotopic (exact) mass is 390 g/mol. The molecule has 2 aromatic heterocycles. The molecule has 0 aliphatic rings. The minimum absolute atomic E-state index is 0.0343. The molecule has 3 aromatic carbocycles. The van der Waals surface area contributed by atoms with Crippen LogP contribution in [0.4, 0.5) is 0 Å². The Morgan fingerprint density at radius 2 is 1.19 bits per heavy atom. The molecule has 0 aliphatic heterocycles. The smallest absolute Gasteiger partial charge is 0.0595 e. The predicted molar refractivity (Wildman–Crippen MR) is 114 cm³/mol. The molecule has 2 heterocycles. The first kappa shape index (κ1) is 16.5. The minimum atomic E-state index is 0.0343. The van der Waals surface area contributed by atoms with E-state index in [4.69, 9.17) is 23.2 Å². The van der Waals surface area contributed by atoms with Gasteiger partial charge in [0.25, 0.3) is 0 Å². The summed E-state index contributed by atoms with van der Waals surface area (Å²) in [5.74, 6) is 0.0343. The van der Waals surface area contributed by atoms with Gasteiger partial charge in [-0.05, 0) is 41.0 Å². The molecule has 132 valence electrons. The molecule has 0 amide bonds. The van der Waals surface area contributed by atoms with Crippen LogP contribution >= 0.6 is 23.2 Å². The van der Waals surface area contributed by atoms with E-state index < -0.39 is 0 Å². The average Bonchev–Trinajstić information content (AvgIpc) is 3.30. The normalized spacial score (nSPS) is 11.7. The van der Waals surface area contributed by atoms with Gasteiger partial charge in [-0.1, -0.05) is 65.7 Å². The summed E-state index contributed by atoms with van der Waals surface area (Å²) < 4.78 is 0. The number of halogens is 2. The second kappa shape index (κ2) is 6.49. The van der Waals surface area contributed by atoms with Crippen molar-refractivity contribution in [2.24, 2.45) is 0 Å². The number of para-hydroxylation sites is 2. The highest BCUT2D eigenvalue weighted by atomic mass is 35.5. The number of fused-ring (bicyclic) bond motifs is 2. The Labute approximate surface area is 166 Å². The number of rotatable bonds is 3. The van der Waals surface area contributed by atoms with Crippen molar-refractivity contribution in [1.29, 1.82) is 0 Å². The third-order valence-electron chi connectivity index (χ3n) is 5.14. The van der Waals surface area contributed by atoms with E-state index in [1.54, 1.807) is 0 Å². The molecule has 0 unspecified atom stereocenters. The molecule has 0 saturated heterocycles. The number of aromatic amines is 2. The molecule has 5 rings (SSSR count). The number of hydrogen-bond donors (Lipinski definition) is 2. The van der Waals surface area contributed by atoms with Crippen LogP contribution in [-0.4, -0.2) is 9.97 Å². The van der Waals surface area contributed by atoms with Crippen LogP contribution in [0.25, 0.3) is 21.8 Å². The zero-order chi connectivity index (χ0) is 18.4. The van der Waals surface area contributed by atoms with Gasteiger partial charge in [0.1, 0.15) is 0 Å². The van der Waals surface area contributed by atoms with Gasteiger partial charge in [-0.3, -0.25) is 0 Å². The standard InChI is InChI=1S/C23H16Cl2N2/c24-19-10-9-14(11-20(19)25)23(17-12-26-21-7-3-1-5-15(17)21)18-13-27-22-8-4-2-6-16(18)22/h1-13,23,26-27H. The van der Waals surface area contributed by atoms with Crippen LogP contribution < -0.4 is 0 Å². The van der Waals surface area contributed by atoms with Crippen molar-refractivity contribution in [3.63, 3.8) is 0 Å². The molecule has 0 spiro atoms. The van der Waals surface area contributed by atoms with Gasteiger partial charge in [-0.15, -0.1) is 0 Å². The van der Waals surface area contributed by atoms with Crippen molar-refractivity contribution in [3.05, 3.63) is 106 Å². The second-order valence-corrected chi connectivity index (χ2v) is 7.50. The highest BCUT2D eigenvalue weighted by Gasteiger charge is 2.23. The van der Waals surface area contributed by atoms with Crippen molar-refractivity contribution in [1.82, 2.24) is 9.97 Å². The van der Waals surface area contributed by atoms with Gasteiger partial charge in [0.2, 0.25) is 0 Å². The fraction of sp³-hybridized carbons (Fsp3) is 0.0435. The minimum Gasteiger partial charge on any atom is -0.361 e. The Morgan fingerprint density at radius 3 is 1.74 bits per heavy atom. The zero-order valence-corrected chi connectivity index (χ0v) is 15.9. The van der Waals surface area contributed by atoms with Gasteiger partial charge in [0.15, 0.2) is 0 Å². The summed E-state index contributed by atoms with van der Waals surface area (Å²) in [6, 6.07) is 22.6. The van der Waals surface area contributed by atoms with Crippen LogP contribution in [0.1, 0.15) is 22.6 Å². The van der Waals surface area contributed by atoms with Gasteiger partial charge in [0.05, 0.1) is 10.0 Å². The zero-order valence-electron chi connectivity index (χ0n) is 14.3. The Bertz CT molecular complexity index is 1190. The maximum atomic E-state index is 6.37. The van der Waals surface area contributed by atoms with E-state index in [1.807, 2.05) is 24.3 Å². The predicted octanol–water partition coefficient (Wildman–Crippen LogP) is 7.14. The van der Waals surface area contributed by atoms with E-state index in [1.165, 1.54) is 21.9 Å². The Balaban J connectivity index is 1.81. The number of aromatic nitrogens is 2. The maximum Gasteiger partial charge on any atom is 0.0595 e. The SMILES string of the molecule is Clc1ccc(C(c2c[nH]c3ccccc23)c2c[nH]c3ccccc23)cc1Cl. The third kappa shape index (κ3) is 2.73. The number of hydrogen-bond acceptors (Lipinski definition) is 0. The molecule has 0 radical (unpaired) electrons. The van der Waals surface area contributed by atoms with Gasteiger partial charge < -0.3 is 9.97 Å². The van der Waals surface area contributed by atoms with E-state index in [0.717, 1.165) is 16.6 Å². The van der Waals surface area contributed by atoms with Gasteiger partial charge in [-0.25, -0.2) is 0 Å². The van der Waals surface area contributed by atoms with Crippen LogP contribution in [0.5, 0.6) is 0 Å². The van der Waals surface area contributed by atoms with Crippen LogP contribution in [0.3, 0.4) is 0 Å². The molecule has 0 bridgehead atoms. The number of H-pyrrole nitrogens is 2. The van der Waals surface area contributed by atoms with Gasteiger partial charge in [-0.2, -0.15) is 0 Å². The summed E-state index contributed by atoms with van der Waals surface area (Å²) >= 11 is 12.6. The van der Waals surface area contributed by atoms with Crippen LogP contribution in [-0.2, 0) is 0 Å². The molecule has 2 nitrogen and oxygen atoms in total. The lowest BCUT2D eigenvalue weighted by molar-refractivity contribution is 0.998. The molecule has 0 atom stereocenters. The second-order valence-electron chi connectivity index (χ2n) is 6.69. The quantitative estimate of drug-likeness (QED) is 0.328. The molecule has 27 heavy (non-hydrogen) atoms. The fourth-order valence-electron chi connectivity index (χ4n) is 3.88. The Hall–Kier alpha value is -2.68. The van der Waals surface area contributed by atoms with E-state index in [2.05, 4.69) is 64.8 Å². The lowest BCUT2D eigenvalue weighted by atomic mass is 9.85. The van der Waals surface area contributed by atoms with E-state index in [0.29, 0.717) is 10.0 Å². The summed E-state index contributed by atoms with van der Waals surface area (Å²) in [6.07, 6.45) is 4.19. The van der Waals surface area contributed by atoms with Crippen LogP contribution in [0, 0.1) is 0 Å². The number of benzene rings is 3. The molecular formula is C23H16Cl2N2. The van der Waals surface area contributed by atoms with Crippen molar-refractivity contribution in [2.45, 2.75) is 5.92 Å². The first-order valence-corrected chi connectivity index (χ1v) is 9.55. The van der Waals surface area contributed by atoms with Crippen molar-refractivity contribution < 1.29 is 0 Å². The van der Waals surface area contributed by atoms with Crippen molar-refractivity contribution >= 4 is 45.0 Å². The fourth-order valence-corrected chi connectivity index (χ4v) is 4.19. The summed E-state index contributed by atoms with van der Waals surface area (Å²) in [7, 11) is 0. The highest BCUT2D eigenvalue weighted by molar-refractivity contribution is 6.42. The molecule has 2 N–H and O–H groups in total. The Kier molecular flexibility index (Phi) is 3.96. The molecule has 5 aromatic rings. The van der Waals surface area contributed by atoms with Crippen LogP contribution in [0.2, 0.25) is 10.0 Å². The highest BCUT2D eigenvalue weighted by Crippen LogP contribution is 2.40. The van der Waals surface area contributed by atoms with E-state index in [-0.39, 0.29) is 5.92 Å².